The standard InChI is InChI=1S/C26H32N2O6/c29-23(27-14-24(30)28-12-11-26(32)10-4-3-5-17(26)15-28)16-33-18-8-9-20-19-6-1-2-7-21(19)25(31)34-22(20)13-18/h8-9,13,17,32H,1-7,10-12,14-16H2,(H,27,29)/t17-,26+/m0/s1. The number of carbonyl (C=O) groups is 2. The molecule has 2 N–H and O–H groups in total. The topological polar surface area (TPSA) is 109 Å². The molecule has 0 radical (unpaired) electrons. The molecule has 0 spiro atoms. The van der Waals surface area contributed by atoms with E-state index in [9.17, 15) is 19.5 Å². The normalized spacial score (nSPS) is 24.3. The summed E-state index contributed by atoms with van der Waals surface area (Å²) in [6.07, 6.45) is 8.16. The summed E-state index contributed by atoms with van der Waals surface area (Å²) >= 11 is 0. The van der Waals surface area contributed by atoms with Crippen molar-refractivity contribution in [3.63, 3.8) is 0 Å². The summed E-state index contributed by atoms with van der Waals surface area (Å²) in [4.78, 5) is 38.9. The molecule has 1 saturated carbocycles. The SMILES string of the molecule is O=C(COc1ccc2c3c(c(=O)oc2c1)CCCC3)NCC(=O)N1CC[C@]2(O)CCCC[C@H]2C1. The maximum Gasteiger partial charge on any atom is 0.339 e. The van der Waals surface area contributed by atoms with Crippen molar-refractivity contribution >= 4 is 22.8 Å². The minimum Gasteiger partial charge on any atom is -0.484 e. The molecule has 1 aromatic carbocycles. The Morgan fingerprint density at radius 2 is 1.97 bits per heavy atom. The number of nitrogens with zero attached hydrogens (tertiary/aromatic N) is 1. The zero-order valence-corrected chi connectivity index (χ0v) is 19.4. The Morgan fingerprint density at radius 1 is 1.15 bits per heavy atom. The fraction of sp³-hybridized carbons (Fsp3) is 0.577. The number of piperidine rings is 1. The summed E-state index contributed by atoms with van der Waals surface area (Å²) in [5, 5.41) is 14.3. The predicted molar refractivity (Wildman–Crippen MR) is 126 cm³/mol. The van der Waals surface area contributed by atoms with Crippen LogP contribution in [0.4, 0.5) is 0 Å². The van der Waals surface area contributed by atoms with E-state index in [1.165, 1.54) is 0 Å². The van der Waals surface area contributed by atoms with Gasteiger partial charge in [0.15, 0.2) is 6.61 Å². The highest BCUT2D eigenvalue weighted by Gasteiger charge is 2.43. The van der Waals surface area contributed by atoms with Gasteiger partial charge in [-0.1, -0.05) is 12.8 Å². The average molecular weight is 469 g/mol. The number of hydrogen-bond donors (Lipinski definition) is 2. The average Bonchev–Trinajstić information content (AvgIpc) is 2.85. The Morgan fingerprint density at radius 3 is 2.82 bits per heavy atom. The number of aryl methyl sites for hydroxylation is 1. The van der Waals surface area contributed by atoms with Crippen molar-refractivity contribution in [3.05, 3.63) is 39.7 Å². The second kappa shape index (κ2) is 9.41. The molecule has 1 aromatic heterocycles. The monoisotopic (exact) mass is 468 g/mol. The lowest BCUT2D eigenvalue weighted by atomic mass is 9.71. The smallest absolute Gasteiger partial charge is 0.339 e. The Balaban J connectivity index is 1.14. The lowest BCUT2D eigenvalue weighted by Crippen LogP contribution is -2.56. The van der Waals surface area contributed by atoms with Crippen molar-refractivity contribution in [2.45, 2.75) is 63.4 Å². The number of benzene rings is 1. The van der Waals surface area contributed by atoms with Gasteiger partial charge in [-0.05, 0) is 62.6 Å². The highest BCUT2D eigenvalue weighted by molar-refractivity contribution is 5.86. The molecule has 1 saturated heterocycles. The number of hydrogen-bond acceptors (Lipinski definition) is 6. The van der Waals surface area contributed by atoms with E-state index in [1.54, 1.807) is 17.0 Å². The summed E-state index contributed by atoms with van der Waals surface area (Å²) in [5.74, 6) is 0.0156. The number of likely N-dealkylation sites (tertiary alicyclic amines) is 1. The fourth-order valence-corrected chi connectivity index (χ4v) is 5.80. The summed E-state index contributed by atoms with van der Waals surface area (Å²) in [6, 6.07) is 5.29. The van der Waals surface area contributed by atoms with Crippen molar-refractivity contribution in [1.29, 1.82) is 0 Å². The number of nitrogens with one attached hydrogen (secondary N) is 1. The summed E-state index contributed by atoms with van der Waals surface area (Å²) in [6.45, 7) is 0.736. The molecule has 5 rings (SSSR count). The molecule has 1 aliphatic heterocycles. The number of rotatable bonds is 5. The van der Waals surface area contributed by atoms with Crippen LogP contribution in [0.3, 0.4) is 0 Å². The second-order valence-electron chi connectivity index (χ2n) is 9.91. The Kier molecular flexibility index (Phi) is 6.34. The van der Waals surface area contributed by atoms with Gasteiger partial charge in [-0.15, -0.1) is 0 Å². The lowest BCUT2D eigenvalue weighted by Gasteiger charge is -2.47. The Bertz CT molecular complexity index is 1160. The van der Waals surface area contributed by atoms with Gasteiger partial charge in [-0.25, -0.2) is 4.79 Å². The number of carbonyl (C=O) groups excluding carboxylic acids is 2. The summed E-state index contributed by atoms with van der Waals surface area (Å²) < 4.78 is 11.1. The maximum atomic E-state index is 12.6. The quantitative estimate of drug-likeness (QED) is 0.652. The van der Waals surface area contributed by atoms with Crippen LogP contribution in [0.1, 0.15) is 56.1 Å². The third-order valence-corrected chi connectivity index (χ3v) is 7.78. The van der Waals surface area contributed by atoms with Crippen molar-refractivity contribution in [2.24, 2.45) is 5.92 Å². The van der Waals surface area contributed by atoms with Crippen LogP contribution in [-0.2, 0) is 22.4 Å². The van der Waals surface area contributed by atoms with Crippen LogP contribution in [0.15, 0.2) is 27.4 Å². The van der Waals surface area contributed by atoms with Crippen LogP contribution in [0.5, 0.6) is 5.75 Å². The highest BCUT2D eigenvalue weighted by Crippen LogP contribution is 2.39. The minimum atomic E-state index is -0.635. The molecular weight excluding hydrogens is 436 g/mol. The van der Waals surface area contributed by atoms with Crippen LogP contribution >= 0.6 is 0 Å². The lowest BCUT2D eigenvalue weighted by molar-refractivity contribution is -0.143. The van der Waals surface area contributed by atoms with Gasteiger partial charge in [0.05, 0.1) is 12.1 Å². The molecule has 2 fully saturated rings. The molecule has 34 heavy (non-hydrogen) atoms. The van der Waals surface area contributed by atoms with Crippen LogP contribution in [0.2, 0.25) is 0 Å². The Labute approximate surface area is 198 Å². The van der Waals surface area contributed by atoms with E-state index in [0.29, 0.717) is 30.8 Å². The molecule has 182 valence electrons. The van der Waals surface area contributed by atoms with Crippen LogP contribution in [0, 0.1) is 5.92 Å². The van der Waals surface area contributed by atoms with Gasteiger partial charge in [0.1, 0.15) is 11.3 Å². The van der Waals surface area contributed by atoms with Gasteiger partial charge in [-0.3, -0.25) is 9.59 Å². The second-order valence-corrected chi connectivity index (χ2v) is 9.91. The van der Waals surface area contributed by atoms with Crippen molar-refractivity contribution < 1.29 is 23.8 Å². The maximum absolute atomic E-state index is 12.6. The van der Waals surface area contributed by atoms with Crippen LogP contribution in [-0.4, -0.2) is 53.7 Å². The summed E-state index contributed by atoms with van der Waals surface area (Å²) in [7, 11) is 0. The molecule has 8 nitrogen and oxygen atoms in total. The molecule has 3 aliphatic rings. The van der Waals surface area contributed by atoms with E-state index in [-0.39, 0.29) is 30.6 Å². The van der Waals surface area contributed by atoms with Gasteiger partial charge >= 0.3 is 5.63 Å². The first-order chi connectivity index (χ1) is 16.4. The van der Waals surface area contributed by atoms with Gasteiger partial charge in [0.25, 0.3) is 5.91 Å². The molecule has 2 atom stereocenters. The molecule has 2 heterocycles. The van der Waals surface area contributed by atoms with Crippen LogP contribution in [0.25, 0.3) is 11.0 Å². The van der Waals surface area contributed by atoms with Crippen LogP contribution < -0.4 is 15.7 Å². The van der Waals surface area contributed by atoms with Crippen molar-refractivity contribution in [1.82, 2.24) is 10.2 Å². The molecule has 0 bridgehead atoms. The van der Waals surface area contributed by atoms with E-state index in [1.807, 2.05) is 6.07 Å². The number of ether oxygens (including phenoxy) is 1. The molecule has 2 aliphatic carbocycles. The van der Waals surface area contributed by atoms with E-state index in [2.05, 4.69) is 5.32 Å². The third kappa shape index (κ3) is 4.56. The first-order valence-corrected chi connectivity index (χ1v) is 12.4. The molecule has 0 unspecified atom stereocenters. The third-order valence-electron chi connectivity index (χ3n) is 7.78. The largest absolute Gasteiger partial charge is 0.484 e. The molecule has 8 heteroatoms. The molecule has 2 amide bonds. The first kappa shape index (κ1) is 22.9. The fourth-order valence-electron chi connectivity index (χ4n) is 5.80. The predicted octanol–water partition coefficient (Wildman–Crippen LogP) is 2.32. The zero-order valence-electron chi connectivity index (χ0n) is 19.4. The van der Waals surface area contributed by atoms with E-state index in [4.69, 9.17) is 9.15 Å². The molecule has 2 aromatic rings. The van der Waals surface area contributed by atoms with Crippen molar-refractivity contribution in [2.75, 3.05) is 26.2 Å². The highest BCUT2D eigenvalue weighted by atomic mass is 16.5. The van der Waals surface area contributed by atoms with Gasteiger partial charge in [0, 0.05) is 36.0 Å². The van der Waals surface area contributed by atoms with E-state index < -0.39 is 11.5 Å². The Hall–Kier alpha value is -2.87. The van der Waals surface area contributed by atoms with Gasteiger partial charge in [-0.2, -0.15) is 0 Å². The van der Waals surface area contributed by atoms with E-state index >= 15 is 0 Å². The van der Waals surface area contributed by atoms with Gasteiger partial charge in [0.2, 0.25) is 5.91 Å². The first-order valence-electron chi connectivity index (χ1n) is 12.4. The minimum absolute atomic E-state index is 0.0912. The van der Waals surface area contributed by atoms with E-state index in [0.717, 1.165) is 67.9 Å². The van der Waals surface area contributed by atoms with Gasteiger partial charge < -0.3 is 24.5 Å². The number of fused-ring (bicyclic) bond motifs is 4. The molecular formula is C26H32N2O6. The number of aliphatic hydroxyl groups is 1. The summed E-state index contributed by atoms with van der Waals surface area (Å²) in [5.41, 5.74) is 1.37. The van der Waals surface area contributed by atoms with Crippen molar-refractivity contribution in [3.8, 4) is 5.75 Å². The zero-order chi connectivity index (χ0) is 23.7. The number of amides is 2.